The maximum absolute atomic E-state index is 13.2. The number of anilines is 1. The first-order valence-electron chi connectivity index (χ1n) is 10.8. The van der Waals surface area contributed by atoms with E-state index in [2.05, 4.69) is 20.8 Å². The molecule has 35 heavy (non-hydrogen) atoms. The highest BCUT2D eigenvalue weighted by molar-refractivity contribution is 7.93. The highest BCUT2D eigenvalue weighted by atomic mass is 32.2. The number of nitrogens with zero attached hydrogens (tertiary/aromatic N) is 3. The average Bonchev–Trinajstić information content (AvgIpc) is 2.87. The molecule has 0 aliphatic rings. The average molecular weight is 481 g/mol. The fourth-order valence-corrected chi connectivity index (χ4v) is 5.13. The van der Waals surface area contributed by atoms with E-state index in [0.29, 0.717) is 33.7 Å². The SMILES string of the molecule is Cc1cc(COc2ccc(C#N)cc2)nc2cc(NS(=O)(=O)c3cccc4cccnc34)ccc12. The Bertz CT molecular complexity index is 1700. The second kappa shape index (κ2) is 9.05. The monoisotopic (exact) mass is 480 g/mol. The van der Waals surface area contributed by atoms with E-state index >= 15 is 0 Å². The quantitative estimate of drug-likeness (QED) is 0.352. The first-order valence-corrected chi connectivity index (χ1v) is 12.3. The molecule has 0 bridgehead atoms. The minimum atomic E-state index is -3.87. The van der Waals surface area contributed by atoms with Crippen molar-refractivity contribution in [3.05, 3.63) is 102 Å². The predicted molar refractivity (Wildman–Crippen MR) is 135 cm³/mol. The number of rotatable bonds is 6. The third kappa shape index (κ3) is 4.63. The van der Waals surface area contributed by atoms with Crippen molar-refractivity contribution >= 4 is 37.5 Å². The molecule has 1 N–H and O–H groups in total. The molecule has 0 fully saturated rings. The molecule has 0 amide bonds. The Hall–Kier alpha value is -4.48. The van der Waals surface area contributed by atoms with Gasteiger partial charge in [-0.3, -0.25) is 9.71 Å². The van der Waals surface area contributed by atoms with E-state index in [1.165, 1.54) is 0 Å². The van der Waals surface area contributed by atoms with Crippen molar-refractivity contribution < 1.29 is 13.2 Å². The van der Waals surface area contributed by atoms with Crippen LogP contribution in [0.5, 0.6) is 5.75 Å². The zero-order valence-corrected chi connectivity index (χ0v) is 19.6. The van der Waals surface area contributed by atoms with Crippen LogP contribution in [0, 0.1) is 18.3 Å². The number of aromatic nitrogens is 2. The van der Waals surface area contributed by atoms with E-state index in [9.17, 15) is 8.42 Å². The number of hydrogen-bond donors (Lipinski definition) is 1. The van der Waals surface area contributed by atoms with Gasteiger partial charge in [-0.15, -0.1) is 0 Å². The second-order valence-corrected chi connectivity index (χ2v) is 9.67. The lowest BCUT2D eigenvalue weighted by Crippen LogP contribution is -2.13. The second-order valence-electron chi connectivity index (χ2n) is 8.02. The first kappa shape index (κ1) is 22.3. The summed E-state index contributed by atoms with van der Waals surface area (Å²) in [6.07, 6.45) is 1.57. The largest absolute Gasteiger partial charge is 0.487 e. The van der Waals surface area contributed by atoms with Crippen molar-refractivity contribution in [3.63, 3.8) is 0 Å². The van der Waals surface area contributed by atoms with E-state index in [1.54, 1.807) is 60.8 Å². The molecule has 0 spiro atoms. The summed E-state index contributed by atoms with van der Waals surface area (Å²) in [6.45, 7) is 2.21. The van der Waals surface area contributed by atoms with Gasteiger partial charge in [0.05, 0.1) is 34.0 Å². The minimum Gasteiger partial charge on any atom is -0.487 e. The number of aryl methyl sites for hydroxylation is 1. The van der Waals surface area contributed by atoms with Crippen molar-refractivity contribution in [2.45, 2.75) is 18.4 Å². The Morgan fingerprint density at radius 3 is 2.60 bits per heavy atom. The summed E-state index contributed by atoms with van der Waals surface area (Å²) in [5.74, 6) is 0.633. The van der Waals surface area contributed by atoms with Gasteiger partial charge in [0.1, 0.15) is 17.3 Å². The van der Waals surface area contributed by atoms with Crippen molar-refractivity contribution in [1.29, 1.82) is 5.26 Å². The van der Waals surface area contributed by atoms with Gasteiger partial charge in [0.15, 0.2) is 0 Å². The van der Waals surface area contributed by atoms with Crippen molar-refractivity contribution in [3.8, 4) is 11.8 Å². The third-order valence-corrected chi connectivity index (χ3v) is 6.99. The highest BCUT2D eigenvalue weighted by Crippen LogP contribution is 2.26. The lowest BCUT2D eigenvalue weighted by atomic mass is 10.1. The molecule has 0 atom stereocenters. The number of nitrogens with one attached hydrogen (secondary N) is 1. The molecule has 0 aliphatic heterocycles. The number of sulfonamides is 1. The number of ether oxygens (including phenoxy) is 1. The lowest BCUT2D eigenvalue weighted by molar-refractivity contribution is 0.301. The van der Waals surface area contributed by atoms with Crippen molar-refractivity contribution in [2.24, 2.45) is 0 Å². The Morgan fingerprint density at radius 2 is 1.80 bits per heavy atom. The fraction of sp³-hybridized carbons (Fsp3) is 0.0741. The van der Waals surface area contributed by atoms with Gasteiger partial charge in [-0.1, -0.05) is 24.3 Å². The molecule has 0 saturated carbocycles. The van der Waals surface area contributed by atoms with Gasteiger partial charge >= 0.3 is 0 Å². The zero-order valence-electron chi connectivity index (χ0n) is 18.8. The molecule has 8 heteroatoms. The number of pyridine rings is 2. The van der Waals surface area contributed by atoms with E-state index < -0.39 is 10.0 Å². The topological polar surface area (TPSA) is 105 Å². The summed E-state index contributed by atoms with van der Waals surface area (Å²) < 4.78 is 34.8. The number of fused-ring (bicyclic) bond motifs is 2. The van der Waals surface area contributed by atoms with Crippen LogP contribution in [0.2, 0.25) is 0 Å². The van der Waals surface area contributed by atoms with Gasteiger partial charge in [0, 0.05) is 17.0 Å². The third-order valence-electron chi connectivity index (χ3n) is 5.58. The molecule has 172 valence electrons. The number of para-hydroxylation sites is 1. The van der Waals surface area contributed by atoms with Crippen LogP contribution < -0.4 is 9.46 Å². The Morgan fingerprint density at radius 1 is 1.00 bits per heavy atom. The van der Waals surface area contributed by atoms with Crippen LogP contribution in [-0.2, 0) is 16.6 Å². The molecular weight excluding hydrogens is 460 g/mol. The summed E-state index contributed by atoms with van der Waals surface area (Å²) >= 11 is 0. The maximum Gasteiger partial charge on any atom is 0.264 e. The molecule has 0 unspecified atom stereocenters. The number of nitriles is 1. The van der Waals surface area contributed by atoms with Gasteiger partial charge in [-0.05, 0) is 67.1 Å². The van der Waals surface area contributed by atoms with E-state index in [4.69, 9.17) is 10.00 Å². The van der Waals surface area contributed by atoms with Crippen LogP contribution in [0.3, 0.4) is 0 Å². The van der Waals surface area contributed by atoms with Crippen molar-refractivity contribution in [2.75, 3.05) is 4.72 Å². The van der Waals surface area contributed by atoms with Gasteiger partial charge in [-0.25, -0.2) is 13.4 Å². The van der Waals surface area contributed by atoms with E-state index in [0.717, 1.165) is 16.3 Å². The fourth-order valence-electron chi connectivity index (χ4n) is 3.90. The smallest absolute Gasteiger partial charge is 0.264 e. The van der Waals surface area contributed by atoms with Crippen LogP contribution in [0.1, 0.15) is 16.8 Å². The lowest BCUT2D eigenvalue weighted by Gasteiger charge is -2.12. The maximum atomic E-state index is 13.2. The number of hydrogen-bond acceptors (Lipinski definition) is 6. The van der Waals surface area contributed by atoms with Crippen LogP contribution in [0.4, 0.5) is 5.69 Å². The molecule has 7 nitrogen and oxygen atoms in total. The summed E-state index contributed by atoms with van der Waals surface area (Å²) in [4.78, 5) is 9.04. The molecule has 0 aliphatic carbocycles. The van der Waals surface area contributed by atoms with Gasteiger partial charge < -0.3 is 4.74 Å². The van der Waals surface area contributed by atoms with Gasteiger partial charge in [-0.2, -0.15) is 5.26 Å². The van der Waals surface area contributed by atoms with Gasteiger partial charge in [0.25, 0.3) is 10.0 Å². The molecule has 0 radical (unpaired) electrons. The van der Waals surface area contributed by atoms with Crippen molar-refractivity contribution in [1.82, 2.24) is 9.97 Å². The Balaban J connectivity index is 1.42. The van der Waals surface area contributed by atoms with Crippen LogP contribution >= 0.6 is 0 Å². The molecule has 0 saturated heterocycles. The van der Waals surface area contributed by atoms with Crippen LogP contribution in [-0.4, -0.2) is 18.4 Å². The minimum absolute atomic E-state index is 0.115. The molecule has 3 aromatic carbocycles. The molecule has 5 aromatic rings. The van der Waals surface area contributed by atoms with Crippen LogP contribution in [0.25, 0.3) is 21.8 Å². The molecule has 2 aromatic heterocycles. The summed E-state index contributed by atoms with van der Waals surface area (Å²) in [7, 11) is -3.87. The summed E-state index contributed by atoms with van der Waals surface area (Å²) in [5.41, 5.74) is 3.74. The molecule has 5 rings (SSSR count). The summed E-state index contributed by atoms with van der Waals surface area (Å²) in [5, 5.41) is 10.6. The molecular formula is C27H20N4O3S. The Labute approximate surface area is 202 Å². The number of benzene rings is 3. The van der Waals surface area contributed by atoms with E-state index in [-0.39, 0.29) is 11.5 Å². The standard InChI is InChI=1S/C27H20N4O3S/c1-18-14-22(17-34-23-10-7-19(16-28)8-11-23)30-25-15-21(9-12-24(18)25)31-35(32,33)26-6-2-4-20-5-3-13-29-27(20)26/h2-15,31H,17H2,1H3. The first-order chi connectivity index (χ1) is 16.9. The van der Waals surface area contributed by atoms with E-state index in [1.807, 2.05) is 31.2 Å². The summed E-state index contributed by atoms with van der Waals surface area (Å²) in [6, 6.07) is 24.8. The van der Waals surface area contributed by atoms with Crippen LogP contribution in [0.15, 0.2) is 90.0 Å². The highest BCUT2D eigenvalue weighted by Gasteiger charge is 2.18. The zero-order chi connectivity index (χ0) is 24.4. The van der Waals surface area contributed by atoms with Gasteiger partial charge in [0.2, 0.25) is 0 Å². The predicted octanol–water partition coefficient (Wildman–Crippen LogP) is 5.34. The Kier molecular flexibility index (Phi) is 5.77. The molecule has 2 heterocycles. The normalized spacial score (nSPS) is 11.3.